The summed E-state index contributed by atoms with van der Waals surface area (Å²) in [7, 11) is 1.66. The molecule has 0 radical (unpaired) electrons. The van der Waals surface area contributed by atoms with Crippen molar-refractivity contribution in [1.29, 1.82) is 0 Å². The van der Waals surface area contributed by atoms with Crippen molar-refractivity contribution in [3.63, 3.8) is 0 Å². The number of rotatable bonds is 2. The van der Waals surface area contributed by atoms with E-state index < -0.39 is 0 Å². The summed E-state index contributed by atoms with van der Waals surface area (Å²) < 4.78 is 5.18. The van der Waals surface area contributed by atoms with Crippen molar-refractivity contribution in [1.82, 2.24) is 4.98 Å². The standard InChI is InChI=1S/C10H15NO.C2H6/c1-7(2)9-8(3)5-6-11-10(9)12-4;1-2/h5-7H,1-4H3;1-2H3. The maximum absolute atomic E-state index is 5.18. The van der Waals surface area contributed by atoms with Gasteiger partial charge in [-0.05, 0) is 24.5 Å². The van der Waals surface area contributed by atoms with Crippen LogP contribution in [-0.2, 0) is 0 Å². The fourth-order valence-electron chi connectivity index (χ4n) is 1.41. The zero-order valence-electron chi connectivity index (χ0n) is 10.1. The molecule has 14 heavy (non-hydrogen) atoms. The molecule has 0 aliphatic heterocycles. The molecule has 0 aliphatic carbocycles. The van der Waals surface area contributed by atoms with Crippen molar-refractivity contribution in [2.45, 2.75) is 40.5 Å². The molecule has 0 amide bonds. The first-order valence-corrected chi connectivity index (χ1v) is 5.16. The predicted molar refractivity (Wildman–Crippen MR) is 61.0 cm³/mol. The number of aromatic nitrogens is 1. The molecule has 0 bridgehead atoms. The van der Waals surface area contributed by atoms with Crippen LogP contribution in [0.5, 0.6) is 5.88 Å². The summed E-state index contributed by atoms with van der Waals surface area (Å²) in [6.45, 7) is 10.4. The second-order valence-electron chi connectivity index (χ2n) is 3.21. The van der Waals surface area contributed by atoms with E-state index in [9.17, 15) is 0 Å². The van der Waals surface area contributed by atoms with Crippen LogP contribution in [0.1, 0.15) is 44.7 Å². The molecular formula is C12H21NO. The van der Waals surface area contributed by atoms with Crippen molar-refractivity contribution in [3.05, 3.63) is 23.4 Å². The molecule has 1 aromatic heterocycles. The first-order chi connectivity index (χ1) is 6.66. The van der Waals surface area contributed by atoms with Gasteiger partial charge < -0.3 is 4.74 Å². The first-order valence-electron chi connectivity index (χ1n) is 5.16. The summed E-state index contributed by atoms with van der Waals surface area (Å²) in [5, 5.41) is 0. The van der Waals surface area contributed by atoms with Crippen molar-refractivity contribution < 1.29 is 4.74 Å². The fourth-order valence-corrected chi connectivity index (χ4v) is 1.41. The smallest absolute Gasteiger partial charge is 0.216 e. The number of pyridine rings is 1. The Bertz CT molecular complexity index is 269. The van der Waals surface area contributed by atoms with E-state index in [-0.39, 0.29) is 0 Å². The Kier molecular flexibility index (Phi) is 5.93. The second-order valence-corrected chi connectivity index (χ2v) is 3.21. The molecular weight excluding hydrogens is 174 g/mol. The Labute approximate surface area is 87.3 Å². The van der Waals surface area contributed by atoms with Gasteiger partial charge in [0.2, 0.25) is 5.88 Å². The zero-order valence-corrected chi connectivity index (χ0v) is 10.1. The van der Waals surface area contributed by atoms with Crippen LogP contribution in [0, 0.1) is 6.92 Å². The molecule has 0 aromatic carbocycles. The average molecular weight is 195 g/mol. The quantitative estimate of drug-likeness (QED) is 0.720. The van der Waals surface area contributed by atoms with Crippen LogP contribution in [0.3, 0.4) is 0 Å². The van der Waals surface area contributed by atoms with E-state index in [1.165, 1.54) is 11.1 Å². The molecule has 0 atom stereocenters. The lowest BCUT2D eigenvalue weighted by Gasteiger charge is -2.12. The molecule has 80 valence electrons. The summed E-state index contributed by atoms with van der Waals surface area (Å²) in [5.74, 6) is 1.22. The van der Waals surface area contributed by atoms with E-state index in [2.05, 4.69) is 25.8 Å². The molecule has 0 saturated carbocycles. The summed E-state index contributed by atoms with van der Waals surface area (Å²) in [6.07, 6.45) is 1.78. The van der Waals surface area contributed by atoms with Crippen molar-refractivity contribution >= 4 is 0 Å². The lowest BCUT2D eigenvalue weighted by atomic mass is 10.00. The van der Waals surface area contributed by atoms with E-state index in [4.69, 9.17) is 4.74 Å². The highest BCUT2D eigenvalue weighted by atomic mass is 16.5. The number of methoxy groups -OCH3 is 1. The third kappa shape index (κ3) is 3.02. The molecule has 0 fully saturated rings. The SMILES string of the molecule is CC.COc1nccc(C)c1C(C)C. The van der Waals surface area contributed by atoms with Gasteiger partial charge in [-0.2, -0.15) is 0 Å². The number of nitrogens with zero attached hydrogens (tertiary/aromatic N) is 1. The van der Waals surface area contributed by atoms with Crippen LogP contribution >= 0.6 is 0 Å². The van der Waals surface area contributed by atoms with Gasteiger partial charge in [0.15, 0.2) is 0 Å². The number of hydrogen-bond acceptors (Lipinski definition) is 2. The third-order valence-corrected chi connectivity index (χ3v) is 1.94. The van der Waals surface area contributed by atoms with Crippen LogP contribution < -0.4 is 4.74 Å². The molecule has 1 aromatic rings. The molecule has 0 unspecified atom stereocenters. The van der Waals surface area contributed by atoms with Gasteiger partial charge in [0, 0.05) is 11.8 Å². The minimum absolute atomic E-state index is 0.466. The normalized spacial score (nSPS) is 9.36. The van der Waals surface area contributed by atoms with E-state index in [1.54, 1.807) is 13.3 Å². The van der Waals surface area contributed by atoms with Crippen molar-refractivity contribution in [2.75, 3.05) is 7.11 Å². The molecule has 2 heteroatoms. The highest BCUT2D eigenvalue weighted by molar-refractivity contribution is 5.35. The molecule has 1 rings (SSSR count). The lowest BCUT2D eigenvalue weighted by Crippen LogP contribution is -1.99. The Morgan fingerprint density at radius 2 is 1.86 bits per heavy atom. The third-order valence-electron chi connectivity index (χ3n) is 1.94. The van der Waals surface area contributed by atoms with Crippen LogP contribution in [0.25, 0.3) is 0 Å². The maximum Gasteiger partial charge on any atom is 0.216 e. The van der Waals surface area contributed by atoms with Crippen LogP contribution in [-0.4, -0.2) is 12.1 Å². The fraction of sp³-hybridized carbons (Fsp3) is 0.583. The van der Waals surface area contributed by atoms with Gasteiger partial charge in [0.25, 0.3) is 0 Å². The minimum Gasteiger partial charge on any atom is -0.481 e. The van der Waals surface area contributed by atoms with Crippen LogP contribution in [0.4, 0.5) is 0 Å². The topological polar surface area (TPSA) is 22.1 Å². The maximum atomic E-state index is 5.18. The lowest BCUT2D eigenvalue weighted by molar-refractivity contribution is 0.389. The summed E-state index contributed by atoms with van der Waals surface area (Å²) in [5.41, 5.74) is 2.46. The van der Waals surface area contributed by atoms with Crippen molar-refractivity contribution in [2.24, 2.45) is 0 Å². The Balaban J connectivity index is 0.000000791. The van der Waals surface area contributed by atoms with Gasteiger partial charge in [-0.3, -0.25) is 0 Å². The van der Waals surface area contributed by atoms with E-state index in [0.29, 0.717) is 5.92 Å². The molecule has 0 N–H and O–H groups in total. The molecule has 0 spiro atoms. The Morgan fingerprint density at radius 1 is 1.29 bits per heavy atom. The van der Waals surface area contributed by atoms with Gasteiger partial charge in [-0.25, -0.2) is 4.98 Å². The number of ether oxygens (including phenoxy) is 1. The van der Waals surface area contributed by atoms with E-state index >= 15 is 0 Å². The molecule has 2 nitrogen and oxygen atoms in total. The van der Waals surface area contributed by atoms with Gasteiger partial charge in [-0.15, -0.1) is 0 Å². The molecule has 0 aliphatic rings. The van der Waals surface area contributed by atoms with Gasteiger partial charge >= 0.3 is 0 Å². The minimum atomic E-state index is 0.466. The second kappa shape index (κ2) is 6.41. The predicted octanol–water partition coefficient (Wildman–Crippen LogP) is 3.55. The highest BCUT2D eigenvalue weighted by Gasteiger charge is 2.10. The zero-order chi connectivity index (χ0) is 11.1. The summed E-state index contributed by atoms with van der Waals surface area (Å²) in [6, 6.07) is 2.01. The molecule has 1 heterocycles. The first kappa shape index (κ1) is 12.9. The van der Waals surface area contributed by atoms with Crippen molar-refractivity contribution in [3.8, 4) is 5.88 Å². The highest BCUT2D eigenvalue weighted by Crippen LogP contribution is 2.26. The van der Waals surface area contributed by atoms with E-state index in [0.717, 1.165) is 5.88 Å². The van der Waals surface area contributed by atoms with Crippen LogP contribution in [0.15, 0.2) is 12.3 Å². The largest absolute Gasteiger partial charge is 0.481 e. The Hall–Kier alpha value is -1.05. The summed E-state index contributed by atoms with van der Waals surface area (Å²) in [4.78, 5) is 4.16. The number of aryl methyl sites for hydroxylation is 1. The van der Waals surface area contributed by atoms with E-state index in [1.807, 2.05) is 19.9 Å². The van der Waals surface area contributed by atoms with Gasteiger partial charge in [-0.1, -0.05) is 27.7 Å². The Morgan fingerprint density at radius 3 is 2.21 bits per heavy atom. The monoisotopic (exact) mass is 195 g/mol. The average Bonchev–Trinajstić information content (AvgIpc) is 2.19. The van der Waals surface area contributed by atoms with Crippen LogP contribution in [0.2, 0.25) is 0 Å². The van der Waals surface area contributed by atoms with Gasteiger partial charge in [0.1, 0.15) is 0 Å². The molecule has 0 saturated heterocycles. The van der Waals surface area contributed by atoms with Gasteiger partial charge in [0.05, 0.1) is 7.11 Å². The summed E-state index contributed by atoms with van der Waals surface area (Å²) >= 11 is 0. The number of hydrogen-bond donors (Lipinski definition) is 0.